The van der Waals surface area contributed by atoms with E-state index in [-0.39, 0.29) is 40.9 Å². The molecule has 0 unspecified atom stereocenters. The van der Waals surface area contributed by atoms with Gasteiger partial charge in [0.05, 0.1) is 18.9 Å². The maximum atomic E-state index is 12.8. The lowest BCUT2D eigenvalue weighted by Crippen LogP contribution is -2.47. The van der Waals surface area contributed by atoms with Crippen molar-refractivity contribution < 1.29 is 19.1 Å². The minimum absolute atomic E-state index is 0.154. The number of rotatable bonds is 3. The molecule has 2 saturated carbocycles. The molecule has 3 amide bonds. The number of hydrazine groups is 1. The van der Waals surface area contributed by atoms with Crippen LogP contribution in [0.25, 0.3) is 0 Å². The minimum Gasteiger partial charge on any atom is -0.497 e. The number of nitrogens with zero attached hydrogens (tertiary/aromatic N) is 1. The number of hydrogen-bond acceptors (Lipinski definition) is 4. The van der Waals surface area contributed by atoms with Gasteiger partial charge in [0, 0.05) is 5.56 Å². The Balaban J connectivity index is 1.37. The maximum absolute atomic E-state index is 12.8. The van der Waals surface area contributed by atoms with Crippen molar-refractivity contribution in [3.05, 3.63) is 42.0 Å². The van der Waals surface area contributed by atoms with Crippen molar-refractivity contribution in [3.8, 4) is 5.75 Å². The predicted molar refractivity (Wildman–Crippen MR) is 87.1 cm³/mol. The number of ether oxygens (including phenoxy) is 1. The summed E-state index contributed by atoms with van der Waals surface area (Å²) in [5, 5.41) is 0.949. The van der Waals surface area contributed by atoms with Crippen LogP contribution in [0.2, 0.25) is 0 Å². The highest BCUT2D eigenvalue weighted by Crippen LogP contribution is 2.73. The summed E-state index contributed by atoms with van der Waals surface area (Å²) in [4.78, 5) is 38.0. The summed E-state index contributed by atoms with van der Waals surface area (Å²) in [7, 11) is 1.55. The third-order valence-electron chi connectivity index (χ3n) is 6.42. The van der Waals surface area contributed by atoms with Crippen molar-refractivity contribution in [1.29, 1.82) is 0 Å². The lowest BCUT2D eigenvalue weighted by molar-refractivity contribution is -0.144. The third-order valence-corrected chi connectivity index (χ3v) is 6.42. The minimum atomic E-state index is -0.467. The van der Waals surface area contributed by atoms with Gasteiger partial charge < -0.3 is 4.74 Å². The first kappa shape index (κ1) is 14.7. The van der Waals surface area contributed by atoms with Gasteiger partial charge in [0.25, 0.3) is 17.7 Å². The fourth-order valence-electron chi connectivity index (χ4n) is 5.10. The number of fused-ring (bicyclic) bond motifs is 3. The Morgan fingerprint density at radius 2 is 1.64 bits per heavy atom. The molecule has 1 spiro atoms. The van der Waals surface area contributed by atoms with Gasteiger partial charge in [-0.25, -0.2) is 0 Å². The first-order valence-corrected chi connectivity index (χ1v) is 8.58. The Bertz CT molecular complexity index is 790. The van der Waals surface area contributed by atoms with E-state index >= 15 is 0 Å². The van der Waals surface area contributed by atoms with E-state index in [1.54, 1.807) is 31.4 Å². The van der Waals surface area contributed by atoms with Crippen LogP contribution in [0.4, 0.5) is 0 Å². The topological polar surface area (TPSA) is 75.7 Å². The lowest BCUT2D eigenvalue weighted by Gasteiger charge is -2.22. The molecule has 6 heteroatoms. The van der Waals surface area contributed by atoms with Gasteiger partial charge in [-0.05, 0) is 54.4 Å². The van der Waals surface area contributed by atoms with Crippen molar-refractivity contribution in [1.82, 2.24) is 10.4 Å². The van der Waals surface area contributed by atoms with Crippen LogP contribution < -0.4 is 10.2 Å². The highest BCUT2D eigenvalue weighted by atomic mass is 16.5. The second-order valence-corrected chi connectivity index (χ2v) is 7.40. The molecule has 3 fully saturated rings. The normalized spacial score (nSPS) is 33.1. The number of hydrogen-bond donors (Lipinski definition) is 1. The standard InChI is InChI=1S/C19H18N2O4/c1-25-11-4-2-10(3-5-11)16(22)20-21-17(23)14-12-6-7-13(15(14)18(21)24)19(12)8-9-19/h2-7,12-15H,8-9H2,1H3,(H,20,22)/t12-,13-,14-,15+/m0/s1. The van der Waals surface area contributed by atoms with Crippen LogP contribution in [0.1, 0.15) is 23.2 Å². The van der Waals surface area contributed by atoms with Crippen molar-refractivity contribution in [2.75, 3.05) is 7.11 Å². The summed E-state index contributed by atoms with van der Waals surface area (Å²) >= 11 is 0. The summed E-state index contributed by atoms with van der Waals surface area (Å²) < 4.78 is 5.07. The summed E-state index contributed by atoms with van der Waals surface area (Å²) in [6.45, 7) is 0. The largest absolute Gasteiger partial charge is 0.497 e. The molecule has 5 rings (SSSR count). The number of methoxy groups -OCH3 is 1. The SMILES string of the molecule is COc1ccc(C(=O)NN2C(=O)[C@@H]3[C@H](C2=O)[C@@H]2C=C[C@@H]3C23CC3)cc1. The molecule has 4 atom stereocenters. The number of amides is 3. The zero-order valence-corrected chi connectivity index (χ0v) is 13.8. The van der Waals surface area contributed by atoms with Gasteiger partial charge in [-0.15, -0.1) is 0 Å². The molecule has 0 aromatic heterocycles. The Morgan fingerprint density at radius 3 is 2.12 bits per heavy atom. The highest BCUT2D eigenvalue weighted by Gasteiger charge is 2.73. The Hall–Kier alpha value is -2.63. The monoisotopic (exact) mass is 338 g/mol. The number of carbonyl (C=O) groups excluding carboxylic acids is 3. The summed E-state index contributed by atoms with van der Waals surface area (Å²) in [5.41, 5.74) is 3.04. The van der Waals surface area contributed by atoms with E-state index in [1.165, 1.54) is 0 Å². The van der Waals surface area contributed by atoms with E-state index in [9.17, 15) is 14.4 Å². The Morgan fingerprint density at radius 1 is 1.08 bits per heavy atom. The van der Waals surface area contributed by atoms with Crippen LogP contribution >= 0.6 is 0 Å². The highest BCUT2D eigenvalue weighted by molar-refractivity contribution is 6.09. The molecular weight excluding hydrogens is 320 g/mol. The van der Waals surface area contributed by atoms with Crippen LogP contribution in [0.5, 0.6) is 5.75 Å². The molecule has 6 nitrogen and oxygen atoms in total. The van der Waals surface area contributed by atoms with Crippen LogP contribution in [-0.4, -0.2) is 29.8 Å². The molecule has 4 aliphatic rings. The molecule has 128 valence electrons. The zero-order chi connectivity index (χ0) is 17.3. The lowest BCUT2D eigenvalue weighted by atomic mass is 9.85. The van der Waals surface area contributed by atoms with Crippen molar-refractivity contribution in [2.24, 2.45) is 29.1 Å². The molecule has 1 aromatic rings. The van der Waals surface area contributed by atoms with E-state index < -0.39 is 5.91 Å². The predicted octanol–water partition coefficient (Wildman–Crippen LogP) is 1.54. The van der Waals surface area contributed by atoms with Crippen molar-refractivity contribution >= 4 is 17.7 Å². The average Bonchev–Trinajstić information content (AvgIpc) is 3.24. The molecule has 1 aliphatic heterocycles. The molecule has 1 aromatic carbocycles. The fourth-order valence-corrected chi connectivity index (χ4v) is 5.10. The average molecular weight is 338 g/mol. The summed E-state index contributed by atoms with van der Waals surface area (Å²) in [6.07, 6.45) is 6.42. The summed E-state index contributed by atoms with van der Waals surface area (Å²) in [5.74, 6) is -0.659. The quantitative estimate of drug-likeness (QED) is 0.670. The van der Waals surface area contributed by atoms with E-state index in [2.05, 4.69) is 17.6 Å². The van der Waals surface area contributed by atoms with E-state index in [0.717, 1.165) is 17.9 Å². The molecule has 0 radical (unpaired) electrons. The van der Waals surface area contributed by atoms with Crippen molar-refractivity contribution in [2.45, 2.75) is 12.8 Å². The number of carbonyl (C=O) groups is 3. The van der Waals surface area contributed by atoms with Gasteiger partial charge in [-0.3, -0.25) is 19.8 Å². The number of nitrogens with one attached hydrogen (secondary N) is 1. The number of allylic oxidation sites excluding steroid dienone is 2. The molecular formula is C19H18N2O4. The fraction of sp³-hybridized carbons (Fsp3) is 0.421. The molecule has 1 N–H and O–H groups in total. The van der Waals surface area contributed by atoms with Crippen molar-refractivity contribution in [3.63, 3.8) is 0 Å². The number of benzene rings is 1. The van der Waals surface area contributed by atoms with Crippen LogP contribution in [0.15, 0.2) is 36.4 Å². The Labute approximate surface area is 144 Å². The van der Waals surface area contributed by atoms with E-state index in [0.29, 0.717) is 11.3 Å². The summed E-state index contributed by atoms with van der Waals surface area (Å²) in [6, 6.07) is 6.53. The van der Waals surface area contributed by atoms with Gasteiger partial charge in [0.1, 0.15) is 5.75 Å². The molecule has 3 aliphatic carbocycles. The zero-order valence-electron chi connectivity index (χ0n) is 13.8. The van der Waals surface area contributed by atoms with Gasteiger partial charge in [-0.1, -0.05) is 12.2 Å². The maximum Gasteiger partial charge on any atom is 0.270 e. The molecule has 2 bridgehead atoms. The smallest absolute Gasteiger partial charge is 0.270 e. The second-order valence-electron chi connectivity index (χ2n) is 7.40. The first-order chi connectivity index (χ1) is 12.1. The van der Waals surface area contributed by atoms with Crippen LogP contribution in [0, 0.1) is 29.1 Å². The van der Waals surface area contributed by atoms with Gasteiger partial charge >= 0.3 is 0 Å². The third kappa shape index (κ3) is 1.77. The van der Waals surface area contributed by atoms with Gasteiger partial charge in [0.15, 0.2) is 0 Å². The van der Waals surface area contributed by atoms with Crippen LogP contribution in [0.3, 0.4) is 0 Å². The molecule has 1 saturated heterocycles. The van der Waals surface area contributed by atoms with E-state index in [4.69, 9.17) is 4.74 Å². The van der Waals surface area contributed by atoms with E-state index in [1.807, 2.05) is 0 Å². The van der Waals surface area contributed by atoms with Gasteiger partial charge in [0.2, 0.25) is 0 Å². The van der Waals surface area contributed by atoms with Gasteiger partial charge in [-0.2, -0.15) is 5.01 Å². The Kier molecular flexibility index (Phi) is 2.77. The second kappa shape index (κ2) is 4.71. The number of imide groups is 1. The molecule has 25 heavy (non-hydrogen) atoms. The van der Waals surface area contributed by atoms with Crippen LogP contribution in [-0.2, 0) is 9.59 Å². The molecule has 1 heterocycles. The first-order valence-electron chi connectivity index (χ1n) is 8.58.